The first kappa shape index (κ1) is 21.2. The first-order valence-electron chi connectivity index (χ1n) is 9.11. The fourth-order valence-electron chi connectivity index (χ4n) is 3.39. The van der Waals surface area contributed by atoms with Crippen LogP contribution in [-0.2, 0) is 9.84 Å². The van der Waals surface area contributed by atoms with Gasteiger partial charge in [-0.15, -0.1) is 0 Å². The van der Waals surface area contributed by atoms with Crippen molar-refractivity contribution < 1.29 is 13.2 Å². The van der Waals surface area contributed by atoms with Gasteiger partial charge >= 0.3 is 0 Å². The lowest BCUT2D eigenvalue weighted by Gasteiger charge is -2.34. The van der Waals surface area contributed by atoms with Crippen molar-refractivity contribution in [2.75, 3.05) is 22.9 Å². The Balaban J connectivity index is 2.03. The number of hydrogen-bond acceptors (Lipinski definition) is 5. The molecule has 1 heterocycles. The summed E-state index contributed by atoms with van der Waals surface area (Å²) in [5.41, 5.74) is 13.2. The van der Waals surface area contributed by atoms with Crippen LogP contribution in [0.4, 0.5) is 5.69 Å². The van der Waals surface area contributed by atoms with E-state index >= 15 is 0 Å². The molecule has 0 spiro atoms. The minimum atomic E-state index is -3.58. The molecule has 2 aromatic carbocycles. The van der Waals surface area contributed by atoms with Crippen LogP contribution in [0.5, 0.6) is 0 Å². The standard InChI is InChI=1S/C20H24N4O3S2/c1-13-10-17(18(29(2,26)27)11-16(13)19(25)23-20(21)22)24-12-15(8-9-28-24)14-6-4-3-5-7-14/h3-7,10-11,15H,8-9,12H2,1-2H3,(H4,21,22,23,25). The Labute approximate surface area is 175 Å². The zero-order valence-corrected chi connectivity index (χ0v) is 18.0. The molecule has 0 aliphatic carbocycles. The predicted molar refractivity (Wildman–Crippen MR) is 118 cm³/mol. The number of carbonyl (C=O) groups is 1. The number of guanidine groups is 1. The normalized spacial score (nSPS) is 17.0. The van der Waals surface area contributed by atoms with Gasteiger partial charge < -0.3 is 15.8 Å². The number of aryl methyl sites for hydroxylation is 1. The Bertz CT molecular complexity index is 1050. The van der Waals surface area contributed by atoms with Crippen LogP contribution in [0.15, 0.2) is 52.4 Å². The Morgan fingerprint density at radius 3 is 2.52 bits per heavy atom. The first-order valence-corrected chi connectivity index (χ1v) is 11.9. The molecule has 0 aromatic heterocycles. The van der Waals surface area contributed by atoms with Crippen molar-refractivity contribution in [3.05, 3.63) is 59.2 Å². The quantitative estimate of drug-likeness (QED) is 0.433. The van der Waals surface area contributed by atoms with Crippen molar-refractivity contribution in [1.29, 1.82) is 0 Å². The van der Waals surface area contributed by atoms with E-state index in [1.807, 2.05) is 22.5 Å². The van der Waals surface area contributed by atoms with Crippen molar-refractivity contribution in [3.8, 4) is 0 Å². The molecule has 9 heteroatoms. The van der Waals surface area contributed by atoms with E-state index < -0.39 is 15.7 Å². The molecule has 29 heavy (non-hydrogen) atoms. The number of sulfone groups is 1. The number of nitrogens with two attached hydrogens (primary N) is 2. The number of benzene rings is 2. The zero-order valence-electron chi connectivity index (χ0n) is 16.3. The Morgan fingerprint density at radius 2 is 1.90 bits per heavy atom. The van der Waals surface area contributed by atoms with Gasteiger partial charge in [0.1, 0.15) is 0 Å². The summed E-state index contributed by atoms with van der Waals surface area (Å²) in [6.45, 7) is 2.42. The van der Waals surface area contributed by atoms with Crippen LogP contribution in [0, 0.1) is 6.92 Å². The third-order valence-electron chi connectivity index (χ3n) is 4.81. The highest BCUT2D eigenvalue weighted by Gasteiger charge is 2.28. The largest absolute Gasteiger partial charge is 0.370 e. The average molecular weight is 433 g/mol. The topological polar surface area (TPSA) is 119 Å². The monoisotopic (exact) mass is 432 g/mol. The third-order valence-corrected chi connectivity index (χ3v) is 7.01. The van der Waals surface area contributed by atoms with Gasteiger partial charge in [-0.1, -0.05) is 30.3 Å². The van der Waals surface area contributed by atoms with Crippen LogP contribution >= 0.6 is 11.9 Å². The minimum Gasteiger partial charge on any atom is -0.370 e. The maximum atomic E-state index is 12.5. The highest BCUT2D eigenvalue weighted by Crippen LogP contribution is 2.39. The van der Waals surface area contributed by atoms with Crippen molar-refractivity contribution in [2.24, 2.45) is 16.5 Å². The molecular formula is C20H24N4O3S2. The maximum absolute atomic E-state index is 12.5. The Kier molecular flexibility index (Phi) is 6.18. The van der Waals surface area contributed by atoms with Crippen molar-refractivity contribution in [1.82, 2.24) is 0 Å². The number of hydrogen-bond donors (Lipinski definition) is 2. The molecule has 0 bridgehead atoms. The minimum absolute atomic E-state index is 0.0958. The molecule has 3 rings (SSSR count). The third kappa shape index (κ3) is 4.91. The van der Waals surface area contributed by atoms with E-state index in [0.717, 1.165) is 18.4 Å². The molecule has 4 N–H and O–H groups in total. The number of carbonyl (C=O) groups excluding carboxylic acids is 1. The summed E-state index contributed by atoms with van der Waals surface area (Å²) in [4.78, 5) is 16.0. The van der Waals surface area contributed by atoms with E-state index in [4.69, 9.17) is 11.5 Å². The number of aliphatic imine (C=N–C) groups is 1. The molecule has 1 fully saturated rings. The fourth-order valence-corrected chi connectivity index (χ4v) is 5.51. The van der Waals surface area contributed by atoms with E-state index in [1.165, 1.54) is 11.6 Å². The molecule has 1 aliphatic rings. The van der Waals surface area contributed by atoms with Crippen LogP contribution in [-0.4, -0.2) is 38.8 Å². The van der Waals surface area contributed by atoms with Gasteiger partial charge in [0.15, 0.2) is 15.8 Å². The number of rotatable bonds is 4. The summed E-state index contributed by atoms with van der Waals surface area (Å²) in [7, 11) is -3.58. The van der Waals surface area contributed by atoms with Crippen LogP contribution in [0.3, 0.4) is 0 Å². The molecule has 2 aromatic rings. The van der Waals surface area contributed by atoms with Gasteiger partial charge in [0, 0.05) is 30.0 Å². The Hall–Kier alpha value is -2.52. The second kappa shape index (κ2) is 8.46. The average Bonchev–Trinajstić information content (AvgIpc) is 2.67. The zero-order chi connectivity index (χ0) is 21.2. The molecule has 1 amide bonds. The van der Waals surface area contributed by atoms with Gasteiger partial charge in [-0.2, -0.15) is 4.99 Å². The van der Waals surface area contributed by atoms with Gasteiger partial charge in [0.05, 0.1) is 10.6 Å². The van der Waals surface area contributed by atoms with Crippen LogP contribution < -0.4 is 15.8 Å². The molecule has 0 radical (unpaired) electrons. The lowest BCUT2D eigenvalue weighted by molar-refractivity contribution is 0.100. The highest BCUT2D eigenvalue weighted by atomic mass is 32.2. The summed E-state index contributed by atoms with van der Waals surface area (Å²) in [5.74, 6) is 0.147. The lowest BCUT2D eigenvalue weighted by Crippen LogP contribution is -2.29. The summed E-state index contributed by atoms with van der Waals surface area (Å²) in [6.07, 6.45) is 2.15. The molecule has 7 nitrogen and oxygen atoms in total. The summed E-state index contributed by atoms with van der Waals surface area (Å²) in [6, 6.07) is 13.3. The molecule has 1 atom stereocenters. The van der Waals surface area contributed by atoms with Crippen LogP contribution in [0.2, 0.25) is 0 Å². The van der Waals surface area contributed by atoms with E-state index in [-0.39, 0.29) is 16.4 Å². The second-order valence-electron chi connectivity index (χ2n) is 7.04. The summed E-state index contributed by atoms with van der Waals surface area (Å²) >= 11 is 1.60. The molecule has 154 valence electrons. The van der Waals surface area contributed by atoms with E-state index in [2.05, 4.69) is 17.1 Å². The molecule has 1 unspecified atom stereocenters. The lowest BCUT2D eigenvalue weighted by atomic mass is 9.96. The summed E-state index contributed by atoms with van der Waals surface area (Å²) in [5, 5.41) is 0. The van der Waals surface area contributed by atoms with Crippen LogP contribution in [0.1, 0.15) is 33.8 Å². The van der Waals surface area contributed by atoms with Gasteiger partial charge in [0.2, 0.25) is 0 Å². The van der Waals surface area contributed by atoms with Crippen molar-refractivity contribution in [2.45, 2.75) is 24.2 Å². The van der Waals surface area contributed by atoms with Gasteiger partial charge in [-0.05, 0) is 48.6 Å². The molecule has 1 aliphatic heterocycles. The smallest absolute Gasteiger partial charge is 0.280 e. The van der Waals surface area contributed by atoms with Crippen LogP contribution in [0.25, 0.3) is 0 Å². The van der Waals surface area contributed by atoms with Gasteiger partial charge in [-0.3, -0.25) is 4.79 Å². The maximum Gasteiger partial charge on any atom is 0.280 e. The predicted octanol–water partition coefficient (Wildman–Crippen LogP) is 2.45. The van der Waals surface area contributed by atoms with Gasteiger partial charge in [-0.25, -0.2) is 8.42 Å². The van der Waals surface area contributed by atoms with E-state index in [1.54, 1.807) is 24.9 Å². The Morgan fingerprint density at radius 1 is 1.21 bits per heavy atom. The van der Waals surface area contributed by atoms with E-state index in [9.17, 15) is 13.2 Å². The van der Waals surface area contributed by atoms with Crippen molar-refractivity contribution in [3.63, 3.8) is 0 Å². The number of nitrogens with zero attached hydrogens (tertiary/aromatic N) is 2. The highest BCUT2D eigenvalue weighted by molar-refractivity contribution is 8.00. The SMILES string of the molecule is Cc1cc(N2CC(c3ccccc3)CCS2)c(S(C)(=O)=O)cc1C(=O)N=C(N)N. The van der Waals surface area contributed by atoms with E-state index in [0.29, 0.717) is 23.7 Å². The summed E-state index contributed by atoms with van der Waals surface area (Å²) < 4.78 is 27.1. The number of anilines is 1. The fraction of sp³-hybridized carbons (Fsp3) is 0.300. The molecule has 1 saturated heterocycles. The second-order valence-corrected chi connectivity index (χ2v) is 10.1. The number of amides is 1. The first-order chi connectivity index (χ1) is 13.7. The van der Waals surface area contributed by atoms with Gasteiger partial charge in [0.25, 0.3) is 5.91 Å². The van der Waals surface area contributed by atoms with Crippen molar-refractivity contribution >= 4 is 39.3 Å². The molecular weight excluding hydrogens is 408 g/mol. The molecule has 0 saturated carbocycles.